The molecule has 3 heterocycles. The van der Waals surface area contributed by atoms with E-state index in [-0.39, 0.29) is 29.8 Å². The molecule has 9 heteroatoms. The molecule has 7 nitrogen and oxygen atoms in total. The largest absolute Gasteiger partial charge is 0.371 e. The van der Waals surface area contributed by atoms with E-state index >= 15 is 0 Å². The molecule has 0 unspecified atom stereocenters. The van der Waals surface area contributed by atoms with E-state index in [2.05, 4.69) is 9.88 Å². The van der Waals surface area contributed by atoms with Crippen LogP contribution in [0.2, 0.25) is 0 Å². The van der Waals surface area contributed by atoms with Crippen LogP contribution >= 0.6 is 12.4 Å². The predicted octanol–water partition coefficient (Wildman–Crippen LogP) is 2.82. The third-order valence-corrected chi connectivity index (χ3v) is 8.23. The molecule has 2 aromatic rings. The molecule has 0 N–H and O–H groups in total. The predicted molar refractivity (Wildman–Crippen MR) is 128 cm³/mol. The minimum atomic E-state index is -3.64. The van der Waals surface area contributed by atoms with Gasteiger partial charge in [-0.2, -0.15) is 4.31 Å². The number of anilines is 1. The van der Waals surface area contributed by atoms with Crippen LogP contribution in [0.15, 0.2) is 53.7 Å². The van der Waals surface area contributed by atoms with Crippen LogP contribution in [0.4, 0.5) is 5.69 Å². The summed E-state index contributed by atoms with van der Waals surface area (Å²) < 4.78 is 27.2. The first-order valence-electron chi connectivity index (χ1n) is 11.0. The van der Waals surface area contributed by atoms with Gasteiger partial charge in [-0.15, -0.1) is 12.4 Å². The first kappa shape index (κ1) is 24.5. The number of piperidine rings is 1. The SMILES string of the molecule is CCc1ccc(S(=O)(=O)N2CCN(CC3CCN(c4ccncc4)CC3)C(=O)C2)cc1.Cl. The zero-order valence-corrected chi connectivity index (χ0v) is 20.0. The molecule has 0 radical (unpaired) electrons. The van der Waals surface area contributed by atoms with Gasteiger partial charge in [0.2, 0.25) is 15.9 Å². The fourth-order valence-corrected chi connectivity index (χ4v) is 5.75. The highest BCUT2D eigenvalue weighted by Gasteiger charge is 2.34. The normalized spacial score (nSPS) is 18.5. The Bertz CT molecular complexity index is 994. The fourth-order valence-electron chi connectivity index (χ4n) is 4.37. The van der Waals surface area contributed by atoms with Gasteiger partial charge in [0.05, 0.1) is 11.4 Å². The summed E-state index contributed by atoms with van der Waals surface area (Å²) in [5, 5.41) is 0. The number of hydrogen-bond acceptors (Lipinski definition) is 5. The average molecular weight is 479 g/mol. The van der Waals surface area contributed by atoms with Crippen molar-refractivity contribution in [2.24, 2.45) is 5.92 Å². The van der Waals surface area contributed by atoms with E-state index in [0.717, 1.165) is 37.9 Å². The van der Waals surface area contributed by atoms with Gasteiger partial charge in [0.15, 0.2) is 0 Å². The third-order valence-electron chi connectivity index (χ3n) is 6.37. The van der Waals surface area contributed by atoms with E-state index in [9.17, 15) is 13.2 Å². The Morgan fingerprint density at radius 3 is 2.22 bits per heavy atom. The second-order valence-corrected chi connectivity index (χ2v) is 10.2. The number of rotatable bonds is 6. The molecular formula is C23H31ClN4O3S. The second kappa shape index (κ2) is 10.6. The molecule has 0 aliphatic carbocycles. The third kappa shape index (κ3) is 5.42. The number of carbonyl (C=O) groups is 1. The van der Waals surface area contributed by atoms with Crippen molar-refractivity contribution < 1.29 is 13.2 Å². The summed E-state index contributed by atoms with van der Waals surface area (Å²) in [4.78, 5) is 21.3. The monoisotopic (exact) mass is 478 g/mol. The number of amides is 1. The van der Waals surface area contributed by atoms with E-state index in [1.54, 1.807) is 12.1 Å². The molecule has 0 atom stereocenters. The van der Waals surface area contributed by atoms with Crippen molar-refractivity contribution in [2.75, 3.05) is 44.2 Å². The van der Waals surface area contributed by atoms with E-state index in [1.165, 1.54) is 9.99 Å². The van der Waals surface area contributed by atoms with Crippen LogP contribution in [0.25, 0.3) is 0 Å². The summed E-state index contributed by atoms with van der Waals surface area (Å²) in [6, 6.07) is 11.0. The zero-order valence-electron chi connectivity index (χ0n) is 18.4. The minimum Gasteiger partial charge on any atom is -0.371 e. The van der Waals surface area contributed by atoms with Gasteiger partial charge in [0.25, 0.3) is 0 Å². The summed E-state index contributed by atoms with van der Waals surface area (Å²) in [5.41, 5.74) is 2.28. The van der Waals surface area contributed by atoms with Crippen LogP contribution in [0, 0.1) is 5.92 Å². The summed E-state index contributed by atoms with van der Waals surface area (Å²) in [5.74, 6) is 0.350. The number of carbonyl (C=O) groups excluding carboxylic acids is 1. The number of hydrogen-bond donors (Lipinski definition) is 0. The van der Waals surface area contributed by atoms with Crippen molar-refractivity contribution in [3.05, 3.63) is 54.4 Å². The molecule has 32 heavy (non-hydrogen) atoms. The van der Waals surface area contributed by atoms with Crippen LogP contribution in [-0.2, 0) is 21.2 Å². The molecule has 2 saturated heterocycles. The molecule has 1 amide bonds. The second-order valence-electron chi connectivity index (χ2n) is 8.31. The maximum absolute atomic E-state index is 12.9. The molecule has 2 aliphatic heterocycles. The number of halogens is 1. The number of pyridine rings is 1. The molecule has 1 aromatic heterocycles. The van der Waals surface area contributed by atoms with E-state index in [4.69, 9.17) is 0 Å². The molecule has 2 fully saturated rings. The van der Waals surface area contributed by atoms with Crippen molar-refractivity contribution in [2.45, 2.75) is 31.1 Å². The van der Waals surface area contributed by atoms with E-state index < -0.39 is 10.0 Å². The molecule has 1 aromatic carbocycles. The quantitative estimate of drug-likeness (QED) is 0.638. The Labute approximate surface area is 196 Å². The highest BCUT2D eigenvalue weighted by Crippen LogP contribution is 2.25. The van der Waals surface area contributed by atoms with Crippen LogP contribution in [0.3, 0.4) is 0 Å². The average Bonchev–Trinajstić information content (AvgIpc) is 2.81. The summed E-state index contributed by atoms with van der Waals surface area (Å²) in [6.07, 6.45) is 6.53. The molecule has 0 spiro atoms. The Balaban J connectivity index is 0.00000289. The first-order chi connectivity index (χ1) is 15.0. The standard InChI is InChI=1S/C23H30N4O3S.ClH/c1-2-19-3-5-22(6-4-19)31(29,30)27-16-15-26(23(28)18-27)17-20-9-13-25(14-10-20)21-7-11-24-12-8-21;/h3-8,11-12,20H,2,9-10,13-18H2,1H3;1H. The summed E-state index contributed by atoms with van der Waals surface area (Å²) in [6.45, 7) is 5.39. The first-order valence-corrected chi connectivity index (χ1v) is 12.4. The molecule has 0 saturated carbocycles. The Morgan fingerprint density at radius 2 is 1.62 bits per heavy atom. The van der Waals surface area contributed by atoms with E-state index in [1.807, 2.05) is 48.5 Å². The van der Waals surface area contributed by atoms with Gasteiger partial charge in [-0.1, -0.05) is 19.1 Å². The van der Waals surface area contributed by atoms with Crippen LogP contribution in [0.5, 0.6) is 0 Å². The van der Waals surface area contributed by atoms with Crippen LogP contribution in [-0.4, -0.2) is 67.8 Å². The van der Waals surface area contributed by atoms with Gasteiger partial charge in [0.1, 0.15) is 0 Å². The van der Waals surface area contributed by atoms with Gasteiger partial charge in [-0.05, 0) is 55.0 Å². The van der Waals surface area contributed by atoms with E-state index in [0.29, 0.717) is 25.6 Å². The lowest BCUT2D eigenvalue weighted by molar-refractivity contribution is -0.134. The van der Waals surface area contributed by atoms with Crippen LogP contribution < -0.4 is 4.90 Å². The lowest BCUT2D eigenvalue weighted by atomic mass is 9.95. The summed E-state index contributed by atoms with van der Waals surface area (Å²) in [7, 11) is -3.64. The van der Waals surface area contributed by atoms with Crippen molar-refractivity contribution in [1.82, 2.24) is 14.2 Å². The van der Waals surface area contributed by atoms with Gasteiger partial charge in [-0.3, -0.25) is 9.78 Å². The lowest BCUT2D eigenvalue weighted by Crippen LogP contribution is -2.53. The number of aromatic nitrogens is 1. The molecule has 0 bridgehead atoms. The molecule has 174 valence electrons. The Kier molecular flexibility index (Phi) is 8.14. The topological polar surface area (TPSA) is 73.8 Å². The van der Waals surface area contributed by atoms with Crippen molar-refractivity contribution in [3.8, 4) is 0 Å². The molecular weight excluding hydrogens is 448 g/mol. The number of nitrogens with zero attached hydrogens (tertiary/aromatic N) is 4. The zero-order chi connectivity index (χ0) is 21.8. The maximum Gasteiger partial charge on any atom is 0.243 e. The van der Waals surface area contributed by atoms with Crippen LogP contribution in [0.1, 0.15) is 25.3 Å². The lowest BCUT2D eigenvalue weighted by Gasteiger charge is -2.38. The number of piperazine rings is 1. The van der Waals surface area contributed by atoms with Gasteiger partial charge >= 0.3 is 0 Å². The van der Waals surface area contributed by atoms with Gasteiger partial charge in [0, 0.05) is 50.8 Å². The van der Waals surface area contributed by atoms with Crippen molar-refractivity contribution in [1.29, 1.82) is 0 Å². The van der Waals surface area contributed by atoms with Crippen molar-refractivity contribution in [3.63, 3.8) is 0 Å². The Hall–Kier alpha value is -2.16. The van der Waals surface area contributed by atoms with Crippen molar-refractivity contribution >= 4 is 34.0 Å². The Morgan fingerprint density at radius 1 is 0.969 bits per heavy atom. The summed E-state index contributed by atoms with van der Waals surface area (Å²) >= 11 is 0. The molecule has 2 aliphatic rings. The number of aryl methyl sites for hydroxylation is 1. The number of benzene rings is 1. The highest BCUT2D eigenvalue weighted by molar-refractivity contribution is 7.89. The minimum absolute atomic E-state index is 0. The van der Waals surface area contributed by atoms with Gasteiger partial charge < -0.3 is 9.80 Å². The highest BCUT2D eigenvalue weighted by atomic mass is 35.5. The van der Waals surface area contributed by atoms with Gasteiger partial charge in [-0.25, -0.2) is 8.42 Å². The maximum atomic E-state index is 12.9. The number of sulfonamides is 1. The smallest absolute Gasteiger partial charge is 0.243 e. The fraction of sp³-hybridized carbons (Fsp3) is 0.478. The molecule has 4 rings (SSSR count).